The molecule has 4 bridgehead atoms. The number of nitrogens with zero attached hydrogens (tertiary/aromatic N) is 3. The first-order valence-electron chi connectivity index (χ1n) is 20.5. The number of carbonyl (C=O) groups excluding carboxylic acids is 7. The van der Waals surface area contributed by atoms with Gasteiger partial charge in [0.05, 0.1) is 31.1 Å². The molecule has 6 amide bonds. The smallest absolute Gasteiger partial charge is 0.409 e. The van der Waals surface area contributed by atoms with Crippen LogP contribution < -0.4 is 20.3 Å². The van der Waals surface area contributed by atoms with Gasteiger partial charge in [0.1, 0.15) is 46.8 Å². The molecule has 0 saturated carbocycles. The molecule has 356 valence electrons. The van der Waals surface area contributed by atoms with Crippen LogP contribution in [0.15, 0.2) is 35.9 Å². The molecule has 65 heavy (non-hydrogen) atoms. The van der Waals surface area contributed by atoms with Crippen molar-refractivity contribution in [2.75, 3.05) is 44.7 Å². The zero-order valence-electron chi connectivity index (χ0n) is 37.1. The maximum atomic E-state index is 14.3. The number of allylic oxidation sites excluding steroid dienone is 3. The quantitative estimate of drug-likeness (QED) is 0.133. The number of benzene rings is 1. The van der Waals surface area contributed by atoms with Crippen molar-refractivity contribution in [2.45, 2.75) is 108 Å². The third-order valence-electron chi connectivity index (χ3n) is 11.8. The standard InChI is InChI=1S/C42H54ClN5O16S/c1-21-10-9-11-29(60-8)42(58)18-28(61-40(57)45-42)22(2)36-41(4,63-36)30(17-33(51)47(6)26-15-24(14-21)16-27(59-7)35(26)43)62-38(55)23(3)46(5)39(56)44-25(37(53)54)19-65-20-34(52)64-48-31(49)12-13-32(48)50/h9-11,15-16,22-23,25,28-30,36,58H,12-14,17-20H2,1-8H3,(H,44,56)(H,45,57)(H,53,54)/b11-9+,21-10+/t22?,23-,25-,28?,29?,30?,36?,41?,42?/m0/s1. The molecule has 4 N–H and O–H groups in total. The minimum absolute atomic E-state index is 0.107. The Balaban J connectivity index is 1.37. The van der Waals surface area contributed by atoms with Crippen molar-refractivity contribution in [1.82, 2.24) is 20.6 Å². The van der Waals surface area contributed by atoms with Crippen LogP contribution in [0.2, 0.25) is 5.02 Å². The van der Waals surface area contributed by atoms with Crippen LogP contribution in [-0.4, -0.2) is 156 Å². The summed E-state index contributed by atoms with van der Waals surface area (Å²) in [4.78, 5) is 109. The lowest BCUT2D eigenvalue weighted by molar-refractivity contribution is -0.195. The van der Waals surface area contributed by atoms with Crippen LogP contribution in [-0.2, 0) is 59.0 Å². The number of thioether (sulfide) groups is 1. The number of likely N-dealkylation sites (N-methyl/N-ethyl adjacent to an activating group) is 1. The van der Waals surface area contributed by atoms with Crippen LogP contribution in [0.4, 0.5) is 15.3 Å². The van der Waals surface area contributed by atoms with E-state index in [0.29, 0.717) is 22.9 Å². The first kappa shape index (κ1) is 50.6. The summed E-state index contributed by atoms with van der Waals surface area (Å²) >= 11 is 7.51. The van der Waals surface area contributed by atoms with E-state index in [9.17, 15) is 48.6 Å². The molecular weight excluding hydrogens is 898 g/mol. The lowest BCUT2D eigenvalue weighted by Crippen LogP contribution is -2.63. The normalized spacial score (nSPS) is 29.2. The van der Waals surface area contributed by atoms with Crippen LogP contribution in [0.1, 0.15) is 58.9 Å². The number of imide groups is 1. The third-order valence-corrected chi connectivity index (χ3v) is 13.1. The lowest BCUT2D eigenvalue weighted by atomic mass is 9.83. The zero-order chi connectivity index (χ0) is 48.1. The summed E-state index contributed by atoms with van der Waals surface area (Å²) < 4.78 is 29.1. The number of alkyl carbamates (subject to hydrolysis) is 1. The molecule has 0 aromatic heterocycles. The molecule has 4 aliphatic rings. The molecule has 21 nitrogen and oxygen atoms in total. The fourth-order valence-electron chi connectivity index (χ4n) is 7.65. The molecule has 9 atom stereocenters. The number of rotatable bonds is 12. The van der Waals surface area contributed by atoms with Crippen LogP contribution >= 0.6 is 23.4 Å². The summed E-state index contributed by atoms with van der Waals surface area (Å²) in [6.45, 7) is 6.52. The summed E-state index contributed by atoms with van der Waals surface area (Å²) in [5.41, 5.74) is -1.42. The molecule has 1 aromatic rings. The van der Waals surface area contributed by atoms with E-state index in [1.54, 1.807) is 38.1 Å². The van der Waals surface area contributed by atoms with Gasteiger partial charge in [0.2, 0.25) is 5.91 Å². The van der Waals surface area contributed by atoms with Crippen molar-refractivity contribution >= 4 is 76.8 Å². The van der Waals surface area contributed by atoms with Crippen molar-refractivity contribution in [3.05, 3.63) is 46.5 Å². The summed E-state index contributed by atoms with van der Waals surface area (Å²) in [5, 5.41) is 26.9. The monoisotopic (exact) mass is 951 g/mol. The summed E-state index contributed by atoms with van der Waals surface area (Å²) in [7, 11) is 5.53. The number of esters is 1. The highest BCUT2D eigenvalue weighted by molar-refractivity contribution is 8.00. The van der Waals surface area contributed by atoms with Gasteiger partial charge in [0.15, 0.2) is 5.72 Å². The lowest BCUT2D eigenvalue weighted by Gasteiger charge is -2.42. The molecule has 0 spiro atoms. The number of hydroxylamine groups is 2. The largest absolute Gasteiger partial charge is 0.495 e. The van der Waals surface area contributed by atoms with Crippen molar-refractivity contribution in [3.8, 4) is 5.75 Å². The Bertz CT molecular complexity index is 2120. The van der Waals surface area contributed by atoms with Gasteiger partial charge in [-0.2, -0.15) is 0 Å². The van der Waals surface area contributed by atoms with E-state index in [1.165, 1.54) is 40.1 Å². The van der Waals surface area contributed by atoms with E-state index < -0.39 is 114 Å². The van der Waals surface area contributed by atoms with E-state index >= 15 is 0 Å². The van der Waals surface area contributed by atoms with Crippen LogP contribution in [0.3, 0.4) is 0 Å². The molecule has 0 radical (unpaired) electrons. The summed E-state index contributed by atoms with van der Waals surface area (Å²) in [6.07, 6.45) is -0.377. The molecule has 5 rings (SSSR count). The number of carboxylic acids is 1. The highest BCUT2D eigenvalue weighted by Gasteiger charge is 2.64. The van der Waals surface area contributed by atoms with E-state index in [4.69, 9.17) is 40.1 Å². The number of anilines is 1. The van der Waals surface area contributed by atoms with Gasteiger partial charge in [-0.05, 0) is 44.9 Å². The molecule has 3 fully saturated rings. The van der Waals surface area contributed by atoms with E-state index in [-0.39, 0.29) is 30.0 Å². The number of aliphatic hydroxyl groups is 1. The number of urea groups is 1. The minimum atomic E-state index is -1.92. The van der Waals surface area contributed by atoms with Crippen LogP contribution in [0.5, 0.6) is 5.75 Å². The fourth-order valence-corrected chi connectivity index (χ4v) is 8.76. The number of hydrogen-bond acceptors (Lipinski definition) is 16. The number of halogens is 1. The van der Waals surface area contributed by atoms with Gasteiger partial charge in [-0.3, -0.25) is 19.7 Å². The van der Waals surface area contributed by atoms with Gasteiger partial charge in [-0.15, -0.1) is 16.8 Å². The number of aliphatic carboxylic acids is 1. The Kier molecular flexibility index (Phi) is 16.2. The number of carboxylic acid groups (broad SMARTS) is 1. The molecule has 3 saturated heterocycles. The van der Waals surface area contributed by atoms with Gasteiger partial charge < -0.3 is 53.9 Å². The highest BCUT2D eigenvalue weighted by Crippen LogP contribution is 2.49. The van der Waals surface area contributed by atoms with Crippen LogP contribution in [0, 0.1) is 5.92 Å². The van der Waals surface area contributed by atoms with E-state index in [0.717, 1.165) is 27.8 Å². The van der Waals surface area contributed by atoms with Gasteiger partial charge >= 0.3 is 30.0 Å². The van der Waals surface area contributed by atoms with Crippen molar-refractivity contribution in [2.24, 2.45) is 5.92 Å². The first-order chi connectivity index (χ1) is 30.5. The maximum Gasteiger partial charge on any atom is 0.409 e. The Hall–Kier alpha value is -5.42. The number of hydrogen-bond donors (Lipinski definition) is 4. The van der Waals surface area contributed by atoms with Crippen molar-refractivity contribution in [1.29, 1.82) is 0 Å². The number of methoxy groups -OCH3 is 2. The number of fused-ring (bicyclic) bond motifs is 5. The summed E-state index contributed by atoms with van der Waals surface area (Å²) in [5.74, 6) is -6.55. The Morgan fingerprint density at radius 3 is 2.43 bits per heavy atom. The predicted octanol–water partition coefficient (Wildman–Crippen LogP) is 2.49. The molecule has 4 aliphatic heterocycles. The zero-order valence-corrected chi connectivity index (χ0v) is 38.7. The average molecular weight is 952 g/mol. The van der Waals surface area contributed by atoms with Crippen molar-refractivity contribution in [3.63, 3.8) is 0 Å². The third kappa shape index (κ3) is 11.7. The second-order valence-electron chi connectivity index (χ2n) is 16.4. The van der Waals surface area contributed by atoms with Gasteiger partial charge in [-0.1, -0.05) is 42.3 Å². The Labute approximate surface area is 383 Å². The number of amides is 6. The Morgan fingerprint density at radius 1 is 1.12 bits per heavy atom. The Morgan fingerprint density at radius 2 is 1.80 bits per heavy atom. The molecule has 0 aliphatic carbocycles. The molecule has 23 heteroatoms. The molecule has 1 aromatic carbocycles. The molecule has 4 heterocycles. The maximum absolute atomic E-state index is 14.3. The fraction of sp³-hybridized carbons (Fsp3) is 0.571. The van der Waals surface area contributed by atoms with Gasteiger partial charge in [-0.25, -0.2) is 24.0 Å². The average Bonchev–Trinajstić information content (AvgIpc) is 3.86. The number of nitrogens with one attached hydrogen (secondary N) is 2. The summed E-state index contributed by atoms with van der Waals surface area (Å²) in [6, 6.07) is -0.501. The second kappa shape index (κ2) is 20.8. The topological polar surface area (TPSA) is 269 Å². The minimum Gasteiger partial charge on any atom is -0.495 e. The van der Waals surface area contributed by atoms with Gasteiger partial charge in [0, 0.05) is 52.1 Å². The van der Waals surface area contributed by atoms with E-state index in [2.05, 4.69) is 10.6 Å². The number of ether oxygens (including phenoxy) is 5. The highest BCUT2D eigenvalue weighted by atomic mass is 35.5. The second-order valence-corrected chi connectivity index (χ2v) is 17.8. The number of carbonyl (C=O) groups is 8. The van der Waals surface area contributed by atoms with Crippen LogP contribution in [0.25, 0.3) is 0 Å². The molecular formula is C42H54ClN5O16S. The molecule has 7 unspecified atom stereocenters. The number of epoxide rings is 1. The first-order valence-corrected chi connectivity index (χ1v) is 22.1. The van der Waals surface area contributed by atoms with Crippen molar-refractivity contribution < 1.29 is 77.1 Å². The van der Waals surface area contributed by atoms with E-state index in [1.807, 2.05) is 13.0 Å². The predicted molar refractivity (Wildman–Crippen MR) is 230 cm³/mol. The van der Waals surface area contributed by atoms with Gasteiger partial charge in [0.25, 0.3) is 11.8 Å². The SMILES string of the molecule is COc1cc2cc(c1Cl)N(C)C(=O)CC(OC(=O)[C@H](C)N(C)C(=O)N[C@@H](CSCC(=O)ON1C(=O)CCC1=O)C(=O)O)C1(C)OC1C(C)C1CC(O)(NC(=O)O1)C(OC)/C=C/C=C(\C)C2.